The molecule has 1 aromatic rings. The first kappa shape index (κ1) is 21.8. The molecule has 1 saturated carbocycles. The molecule has 0 radical (unpaired) electrons. The molecule has 8 nitrogen and oxygen atoms in total. The van der Waals surface area contributed by atoms with Crippen LogP contribution >= 0.6 is 0 Å². The van der Waals surface area contributed by atoms with Gasteiger partial charge in [-0.3, -0.25) is 9.59 Å². The lowest BCUT2D eigenvalue weighted by atomic mass is 9.83. The molecule has 0 spiro atoms. The third kappa shape index (κ3) is 5.74. The Morgan fingerprint density at radius 1 is 1.25 bits per heavy atom. The van der Waals surface area contributed by atoms with E-state index >= 15 is 0 Å². The van der Waals surface area contributed by atoms with Gasteiger partial charge in [0.25, 0.3) is 5.91 Å². The minimum Gasteiger partial charge on any atom is -0.452 e. The number of halogens is 1. The second kappa shape index (κ2) is 9.12. The largest absolute Gasteiger partial charge is 0.452 e. The summed E-state index contributed by atoms with van der Waals surface area (Å²) in [6.45, 7) is 0.649. The zero-order chi connectivity index (χ0) is 20.8. The highest BCUT2D eigenvalue weighted by Crippen LogP contribution is 2.27. The van der Waals surface area contributed by atoms with Crippen molar-refractivity contribution in [3.63, 3.8) is 0 Å². The first-order valence-electron chi connectivity index (χ1n) is 8.85. The van der Waals surface area contributed by atoms with Gasteiger partial charge < -0.3 is 10.1 Å². The Kier molecular flexibility index (Phi) is 7.10. The normalized spacial score (nSPS) is 17.2. The molecule has 1 aliphatic rings. The molecule has 1 fully saturated rings. The third-order valence-corrected chi connectivity index (χ3v) is 5.91. The van der Waals surface area contributed by atoms with E-state index in [9.17, 15) is 27.7 Å². The SMILES string of the molecule is C[C@@H](OC(=O)CNS(=O)(=O)c1ccc(F)cc1)C(=O)NC1(C#N)CCCCC1. The predicted octanol–water partition coefficient (Wildman–Crippen LogP) is 1.38. The van der Waals surface area contributed by atoms with Crippen LogP contribution in [0.15, 0.2) is 29.2 Å². The Labute approximate surface area is 163 Å². The summed E-state index contributed by atoms with van der Waals surface area (Å²) in [5.74, 6) is -2.16. The number of ether oxygens (including phenoxy) is 1. The number of nitrogens with zero attached hydrogens (tertiary/aromatic N) is 1. The highest BCUT2D eigenvalue weighted by Gasteiger charge is 2.35. The van der Waals surface area contributed by atoms with Crippen LogP contribution in [0.25, 0.3) is 0 Å². The lowest BCUT2D eigenvalue weighted by molar-refractivity contribution is -0.154. The molecule has 0 bridgehead atoms. The number of hydrogen-bond donors (Lipinski definition) is 2. The second-order valence-electron chi connectivity index (χ2n) is 6.65. The highest BCUT2D eigenvalue weighted by atomic mass is 32.2. The monoisotopic (exact) mass is 411 g/mol. The van der Waals surface area contributed by atoms with Crippen molar-refractivity contribution in [2.24, 2.45) is 0 Å². The summed E-state index contributed by atoms with van der Waals surface area (Å²) in [7, 11) is -4.03. The average Bonchev–Trinajstić information content (AvgIpc) is 2.67. The van der Waals surface area contributed by atoms with E-state index in [0.29, 0.717) is 12.8 Å². The van der Waals surface area contributed by atoms with Gasteiger partial charge in [0.05, 0.1) is 11.0 Å². The van der Waals surface area contributed by atoms with Crippen LogP contribution in [0.4, 0.5) is 4.39 Å². The van der Waals surface area contributed by atoms with Gasteiger partial charge in [-0.2, -0.15) is 9.98 Å². The summed E-state index contributed by atoms with van der Waals surface area (Å²) < 4.78 is 44.0. The summed E-state index contributed by atoms with van der Waals surface area (Å²) in [6.07, 6.45) is 2.54. The predicted molar refractivity (Wildman–Crippen MR) is 96.7 cm³/mol. The molecular weight excluding hydrogens is 389 g/mol. The zero-order valence-electron chi connectivity index (χ0n) is 15.4. The van der Waals surface area contributed by atoms with Gasteiger partial charge in [0.1, 0.15) is 17.9 Å². The fourth-order valence-corrected chi connectivity index (χ4v) is 3.87. The molecule has 0 heterocycles. The Hall–Kier alpha value is -2.51. The molecule has 2 rings (SSSR count). The molecule has 28 heavy (non-hydrogen) atoms. The number of hydrogen-bond acceptors (Lipinski definition) is 6. The van der Waals surface area contributed by atoms with E-state index in [2.05, 4.69) is 11.4 Å². The quantitative estimate of drug-likeness (QED) is 0.653. The number of carbonyl (C=O) groups excluding carboxylic acids is 2. The van der Waals surface area contributed by atoms with Gasteiger partial charge in [-0.1, -0.05) is 19.3 Å². The number of benzene rings is 1. The van der Waals surface area contributed by atoms with Crippen molar-refractivity contribution < 1.29 is 27.1 Å². The van der Waals surface area contributed by atoms with Gasteiger partial charge in [-0.25, -0.2) is 12.8 Å². The maximum atomic E-state index is 12.9. The van der Waals surface area contributed by atoms with Crippen LogP contribution in [-0.2, 0) is 24.3 Å². The summed E-state index contributed by atoms with van der Waals surface area (Å²) >= 11 is 0. The van der Waals surface area contributed by atoms with Crippen molar-refractivity contribution in [1.29, 1.82) is 5.26 Å². The number of sulfonamides is 1. The molecule has 2 N–H and O–H groups in total. The van der Waals surface area contributed by atoms with Crippen LogP contribution in [0.5, 0.6) is 0 Å². The van der Waals surface area contributed by atoms with E-state index in [-0.39, 0.29) is 4.90 Å². The average molecular weight is 411 g/mol. The first-order valence-corrected chi connectivity index (χ1v) is 10.3. The molecule has 1 aliphatic carbocycles. The van der Waals surface area contributed by atoms with Crippen molar-refractivity contribution in [1.82, 2.24) is 10.0 Å². The van der Waals surface area contributed by atoms with Crippen molar-refractivity contribution in [2.45, 2.75) is 55.6 Å². The van der Waals surface area contributed by atoms with Gasteiger partial charge in [0, 0.05) is 0 Å². The molecule has 0 aromatic heterocycles. The number of amides is 1. The van der Waals surface area contributed by atoms with Crippen LogP contribution in [0.1, 0.15) is 39.0 Å². The van der Waals surface area contributed by atoms with Crippen LogP contribution in [0, 0.1) is 17.1 Å². The summed E-state index contributed by atoms with van der Waals surface area (Å²) in [4.78, 5) is 23.9. The maximum Gasteiger partial charge on any atom is 0.321 e. The number of carbonyl (C=O) groups is 2. The topological polar surface area (TPSA) is 125 Å². The number of nitrogens with one attached hydrogen (secondary N) is 2. The standard InChI is InChI=1S/C18H22FN3O5S/c1-13(17(24)22-18(12-20)9-3-2-4-10-18)27-16(23)11-21-28(25,26)15-7-5-14(19)6-8-15/h5-8,13,21H,2-4,9-11H2,1H3,(H,22,24)/t13-/m1/s1. The summed E-state index contributed by atoms with van der Waals surface area (Å²) in [5, 5.41) is 12.0. The number of rotatable bonds is 7. The Balaban J connectivity index is 1.87. The van der Waals surface area contributed by atoms with Crippen LogP contribution in [0.3, 0.4) is 0 Å². The van der Waals surface area contributed by atoms with E-state index < -0.39 is 45.9 Å². The minimum atomic E-state index is -4.03. The molecule has 1 amide bonds. The van der Waals surface area contributed by atoms with E-state index in [0.717, 1.165) is 43.5 Å². The van der Waals surface area contributed by atoms with Gasteiger partial charge in [-0.15, -0.1) is 0 Å². The first-order chi connectivity index (χ1) is 13.2. The van der Waals surface area contributed by atoms with Gasteiger partial charge in [0.2, 0.25) is 10.0 Å². The van der Waals surface area contributed by atoms with Gasteiger partial charge >= 0.3 is 5.97 Å². The molecule has 152 valence electrons. The van der Waals surface area contributed by atoms with Crippen molar-refractivity contribution in [2.75, 3.05) is 6.54 Å². The van der Waals surface area contributed by atoms with Gasteiger partial charge in [0.15, 0.2) is 6.10 Å². The fraction of sp³-hybridized carbons (Fsp3) is 0.500. The Morgan fingerprint density at radius 3 is 2.43 bits per heavy atom. The van der Waals surface area contributed by atoms with E-state index in [1.807, 2.05) is 4.72 Å². The molecular formula is C18H22FN3O5S. The fourth-order valence-electron chi connectivity index (χ4n) is 2.90. The van der Waals surface area contributed by atoms with Crippen molar-refractivity contribution in [3.8, 4) is 6.07 Å². The van der Waals surface area contributed by atoms with Crippen LogP contribution in [-0.4, -0.2) is 38.5 Å². The lowest BCUT2D eigenvalue weighted by Gasteiger charge is -2.32. The number of nitriles is 1. The second-order valence-corrected chi connectivity index (χ2v) is 8.42. The Bertz CT molecular complexity index is 858. The smallest absolute Gasteiger partial charge is 0.321 e. The molecule has 10 heteroatoms. The molecule has 1 aromatic carbocycles. The highest BCUT2D eigenvalue weighted by molar-refractivity contribution is 7.89. The van der Waals surface area contributed by atoms with E-state index in [1.165, 1.54) is 6.92 Å². The van der Waals surface area contributed by atoms with E-state index in [1.54, 1.807) is 0 Å². The third-order valence-electron chi connectivity index (χ3n) is 4.49. The summed E-state index contributed by atoms with van der Waals surface area (Å²) in [5.41, 5.74) is -0.958. The zero-order valence-corrected chi connectivity index (χ0v) is 16.2. The number of esters is 1. The van der Waals surface area contributed by atoms with Gasteiger partial charge in [-0.05, 0) is 44.0 Å². The molecule has 1 atom stereocenters. The Morgan fingerprint density at radius 2 is 1.86 bits per heavy atom. The molecule has 0 saturated heterocycles. The molecule has 0 unspecified atom stereocenters. The maximum absolute atomic E-state index is 12.9. The van der Waals surface area contributed by atoms with E-state index in [4.69, 9.17) is 4.74 Å². The van der Waals surface area contributed by atoms with Crippen LogP contribution in [0.2, 0.25) is 0 Å². The lowest BCUT2D eigenvalue weighted by Crippen LogP contribution is -2.52. The molecule has 0 aliphatic heterocycles. The summed E-state index contributed by atoms with van der Waals surface area (Å²) in [6, 6.07) is 6.22. The van der Waals surface area contributed by atoms with Crippen molar-refractivity contribution in [3.05, 3.63) is 30.1 Å². The minimum absolute atomic E-state index is 0.208. The van der Waals surface area contributed by atoms with Crippen LogP contribution < -0.4 is 10.0 Å². The van der Waals surface area contributed by atoms with Crippen molar-refractivity contribution >= 4 is 21.9 Å².